The summed E-state index contributed by atoms with van der Waals surface area (Å²) < 4.78 is 5.29. The van der Waals surface area contributed by atoms with Gasteiger partial charge in [0.15, 0.2) is 0 Å². The molecule has 0 spiro atoms. The van der Waals surface area contributed by atoms with E-state index in [4.69, 9.17) is 16.3 Å². The lowest BCUT2D eigenvalue weighted by Gasteiger charge is -2.37. The lowest BCUT2D eigenvalue weighted by atomic mass is 10.1. The van der Waals surface area contributed by atoms with E-state index in [1.807, 2.05) is 12.1 Å². The van der Waals surface area contributed by atoms with Gasteiger partial charge in [-0.15, -0.1) is 6.58 Å². The standard InChI is InChI=1S/C17H25ClN2O2/c1-3-10-22-13-16(21)12-19-6-8-20(9-7-19)17-11-15(18)5-4-14(17)2/h3-5,11,16,21H,1,6-10,12-13H2,2H3/t16-/m0/s1. The van der Waals surface area contributed by atoms with Gasteiger partial charge in [0.05, 0.1) is 19.3 Å². The van der Waals surface area contributed by atoms with Crippen LogP contribution in [0.4, 0.5) is 5.69 Å². The van der Waals surface area contributed by atoms with Gasteiger partial charge < -0.3 is 14.7 Å². The minimum Gasteiger partial charge on any atom is -0.389 e. The van der Waals surface area contributed by atoms with Gasteiger partial charge in [-0.2, -0.15) is 0 Å². The number of nitrogens with zero attached hydrogens (tertiary/aromatic N) is 2. The topological polar surface area (TPSA) is 35.9 Å². The molecule has 1 heterocycles. The second-order valence-electron chi connectivity index (χ2n) is 5.70. The molecule has 1 aromatic carbocycles. The minimum absolute atomic E-state index is 0.361. The van der Waals surface area contributed by atoms with Gasteiger partial charge in [0.25, 0.3) is 0 Å². The molecule has 0 aromatic heterocycles. The summed E-state index contributed by atoms with van der Waals surface area (Å²) in [6.45, 7) is 11.0. The number of aryl methyl sites for hydroxylation is 1. The van der Waals surface area contributed by atoms with Crippen LogP contribution >= 0.6 is 11.6 Å². The highest BCUT2D eigenvalue weighted by Gasteiger charge is 2.20. The Balaban J connectivity index is 1.80. The molecule has 1 aliphatic rings. The largest absolute Gasteiger partial charge is 0.389 e. The monoisotopic (exact) mass is 324 g/mol. The van der Waals surface area contributed by atoms with Crippen molar-refractivity contribution in [1.82, 2.24) is 4.90 Å². The van der Waals surface area contributed by atoms with Gasteiger partial charge in [-0.3, -0.25) is 4.90 Å². The zero-order valence-electron chi connectivity index (χ0n) is 13.2. The Bertz CT molecular complexity index is 488. The molecule has 1 aromatic rings. The fourth-order valence-corrected chi connectivity index (χ4v) is 2.90. The molecular formula is C17H25ClN2O2. The predicted molar refractivity (Wildman–Crippen MR) is 91.9 cm³/mol. The molecule has 1 atom stereocenters. The molecule has 1 fully saturated rings. The first-order valence-corrected chi connectivity index (χ1v) is 8.08. The fourth-order valence-electron chi connectivity index (χ4n) is 2.73. The molecule has 2 rings (SSSR count). The van der Waals surface area contributed by atoms with Crippen molar-refractivity contribution in [1.29, 1.82) is 0 Å². The van der Waals surface area contributed by atoms with Crippen molar-refractivity contribution in [3.63, 3.8) is 0 Å². The van der Waals surface area contributed by atoms with E-state index in [1.165, 1.54) is 11.3 Å². The summed E-state index contributed by atoms with van der Waals surface area (Å²) in [6.07, 6.45) is 1.25. The molecule has 0 radical (unpaired) electrons. The summed E-state index contributed by atoms with van der Waals surface area (Å²) in [5, 5.41) is 10.7. The molecule has 22 heavy (non-hydrogen) atoms. The summed E-state index contributed by atoms with van der Waals surface area (Å²) in [6, 6.07) is 6.02. The van der Waals surface area contributed by atoms with Gasteiger partial charge in [0, 0.05) is 43.4 Å². The highest BCUT2D eigenvalue weighted by atomic mass is 35.5. The number of rotatable bonds is 7. The molecule has 4 nitrogen and oxygen atoms in total. The van der Waals surface area contributed by atoms with Crippen molar-refractivity contribution in [2.75, 3.05) is 50.8 Å². The molecule has 1 saturated heterocycles. The summed E-state index contributed by atoms with van der Waals surface area (Å²) in [7, 11) is 0. The van der Waals surface area contributed by atoms with E-state index < -0.39 is 6.10 Å². The Kier molecular flexibility index (Phi) is 6.70. The van der Waals surface area contributed by atoms with E-state index in [9.17, 15) is 5.11 Å². The number of piperazine rings is 1. The van der Waals surface area contributed by atoms with Crippen molar-refractivity contribution >= 4 is 17.3 Å². The van der Waals surface area contributed by atoms with Crippen molar-refractivity contribution in [2.24, 2.45) is 0 Å². The molecule has 0 amide bonds. The smallest absolute Gasteiger partial charge is 0.0900 e. The number of benzene rings is 1. The third-order valence-electron chi connectivity index (χ3n) is 3.90. The normalized spacial score (nSPS) is 17.5. The maximum atomic E-state index is 9.96. The van der Waals surface area contributed by atoms with Gasteiger partial charge in [-0.1, -0.05) is 23.7 Å². The van der Waals surface area contributed by atoms with E-state index >= 15 is 0 Å². The van der Waals surface area contributed by atoms with E-state index in [1.54, 1.807) is 6.08 Å². The number of hydrogen-bond donors (Lipinski definition) is 1. The van der Waals surface area contributed by atoms with Crippen LogP contribution in [0.2, 0.25) is 5.02 Å². The van der Waals surface area contributed by atoms with Gasteiger partial charge in [-0.05, 0) is 24.6 Å². The van der Waals surface area contributed by atoms with Crippen LogP contribution in [0.25, 0.3) is 0 Å². The fraction of sp³-hybridized carbons (Fsp3) is 0.529. The van der Waals surface area contributed by atoms with Crippen LogP contribution in [-0.4, -0.2) is 62.0 Å². The third kappa shape index (κ3) is 4.99. The summed E-state index contributed by atoms with van der Waals surface area (Å²) >= 11 is 6.10. The second-order valence-corrected chi connectivity index (χ2v) is 6.13. The molecule has 0 bridgehead atoms. The average Bonchev–Trinajstić information content (AvgIpc) is 2.51. The molecule has 0 saturated carbocycles. The molecule has 0 unspecified atom stereocenters. The van der Waals surface area contributed by atoms with Gasteiger partial charge >= 0.3 is 0 Å². The molecule has 1 aliphatic heterocycles. The number of aliphatic hydroxyl groups is 1. The Morgan fingerprint density at radius 1 is 1.36 bits per heavy atom. The number of ether oxygens (including phenoxy) is 1. The second kappa shape index (κ2) is 8.53. The van der Waals surface area contributed by atoms with Crippen LogP contribution in [0.1, 0.15) is 5.56 Å². The van der Waals surface area contributed by atoms with E-state index in [-0.39, 0.29) is 0 Å². The summed E-state index contributed by atoms with van der Waals surface area (Å²) in [5.41, 5.74) is 2.46. The highest BCUT2D eigenvalue weighted by molar-refractivity contribution is 6.30. The van der Waals surface area contributed by atoms with Gasteiger partial charge in [0.2, 0.25) is 0 Å². The van der Waals surface area contributed by atoms with Crippen LogP contribution in [0, 0.1) is 6.92 Å². The quantitative estimate of drug-likeness (QED) is 0.617. The van der Waals surface area contributed by atoms with Crippen LogP contribution in [-0.2, 0) is 4.74 Å². The Labute approximate surface area is 137 Å². The average molecular weight is 325 g/mol. The van der Waals surface area contributed by atoms with Crippen molar-refractivity contribution in [3.8, 4) is 0 Å². The van der Waals surface area contributed by atoms with Crippen molar-refractivity contribution in [3.05, 3.63) is 41.4 Å². The van der Waals surface area contributed by atoms with E-state index in [0.717, 1.165) is 31.2 Å². The summed E-state index contributed by atoms with van der Waals surface area (Å²) in [5.74, 6) is 0. The van der Waals surface area contributed by atoms with Crippen molar-refractivity contribution in [2.45, 2.75) is 13.0 Å². The first-order chi connectivity index (χ1) is 10.6. The Morgan fingerprint density at radius 3 is 2.77 bits per heavy atom. The number of anilines is 1. The number of hydrogen-bond acceptors (Lipinski definition) is 4. The Morgan fingerprint density at radius 2 is 2.09 bits per heavy atom. The molecular weight excluding hydrogens is 300 g/mol. The van der Waals surface area contributed by atoms with Crippen LogP contribution in [0.5, 0.6) is 0 Å². The van der Waals surface area contributed by atoms with Crippen LogP contribution < -0.4 is 4.90 Å². The van der Waals surface area contributed by atoms with Gasteiger partial charge in [-0.25, -0.2) is 0 Å². The van der Waals surface area contributed by atoms with E-state index in [0.29, 0.717) is 19.8 Å². The molecule has 5 heteroatoms. The number of β-amino-alcohol motifs (C(OH)–C–C–N with tert-alkyl or cyclic N) is 1. The SMILES string of the molecule is C=CCOC[C@@H](O)CN1CCN(c2cc(Cl)ccc2C)CC1. The minimum atomic E-state index is -0.445. The third-order valence-corrected chi connectivity index (χ3v) is 4.13. The molecule has 0 aliphatic carbocycles. The summed E-state index contributed by atoms with van der Waals surface area (Å²) in [4.78, 5) is 4.64. The van der Waals surface area contributed by atoms with Crippen LogP contribution in [0.3, 0.4) is 0 Å². The Hall–Kier alpha value is -1.07. The maximum Gasteiger partial charge on any atom is 0.0900 e. The predicted octanol–water partition coefficient (Wildman–Crippen LogP) is 2.33. The maximum absolute atomic E-state index is 9.96. The lowest BCUT2D eigenvalue weighted by Crippen LogP contribution is -2.49. The lowest BCUT2D eigenvalue weighted by molar-refractivity contribution is 0.0252. The van der Waals surface area contributed by atoms with Gasteiger partial charge in [0.1, 0.15) is 0 Å². The number of aliphatic hydroxyl groups excluding tert-OH is 1. The molecule has 122 valence electrons. The van der Waals surface area contributed by atoms with E-state index in [2.05, 4.69) is 29.4 Å². The zero-order chi connectivity index (χ0) is 15.9. The first kappa shape index (κ1) is 17.3. The molecule has 1 N–H and O–H groups in total. The first-order valence-electron chi connectivity index (χ1n) is 7.70. The van der Waals surface area contributed by atoms with Crippen molar-refractivity contribution < 1.29 is 9.84 Å². The zero-order valence-corrected chi connectivity index (χ0v) is 13.9. The highest BCUT2D eigenvalue weighted by Crippen LogP contribution is 2.25. The van der Waals surface area contributed by atoms with Crippen LogP contribution in [0.15, 0.2) is 30.9 Å². The number of halogens is 1.